The Labute approximate surface area is 139 Å². The fourth-order valence-electron chi connectivity index (χ4n) is 1.72. The lowest BCUT2D eigenvalue weighted by Crippen LogP contribution is -2.43. The molecule has 0 unspecified atom stereocenters. The van der Waals surface area contributed by atoms with Gasteiger partial charge >= 0.3 is 6.09 Å². The second-order valence-electron chi connectivity index (χ2n) is 6.07. The number of ether oxygens (including phenoxy) is 2. The highest BCUT2D eigenvalue weighted by Crippen LogP contribution is 2.15. The van der Waals surface area contributed by atoms with E-state index in [1.54, 1.807) is 20.8 Å². The summed E-state index contributed by atoms with van der Waals surface area (Å²) in [6, 6.07) is 2.71. The summed E-state index contributed by atoms with van der Waals surface area (Å²) in [5, 5.41) is 2.23. The third kappa shape index (κ3) is 6.91. The average molecular weight is 344 g/mol. The van der Waals surface area contributed by atoms with Crippen molar-refractivity contribution < 1.29 is 27.8 Å². The van der Waals surface area contributed by atoms with Crippen LogP contribution in [0.3, 0.4) is 0 Å². The molecule has 0 aliphatic carbocycles. The third-order valence-electron chi connectivity index (χ3n) is 2.75. The van der Waals surface area contributed by atoms with E-state index >= 15 is 0 Å². The molecular formula is C16H22F2N2O4. The van der Waals surface area contributed by atoms with Crippen molar-refractivity contribution in [2.24, 2.45) is 0 Å². The lowest BCUT2D eigenvalue weighted by Gasteiger charge is -2.26. The molecule has 0 saturated heterocycles. The molecule has 0 saturated carbocycles. The van der Waals surface area contributed by atoms with Gasteiger partial charge in [-0.15, -0.1) is 0 Å². The van der Waals surface area contributed by atoms with Crippen molar-refractivity contribution in [3.8, 4) is 0 Å². The summed E-state index contributed by atoms with van der Waals surface area (Å²) in [4.78, 5) is 25.3. The quantitative estimate of drug-likeness (QED) is 0.862. The molecule has 1 aromatic rings. The maximum absolute atomic E-state index is 13.5. The van der Waals surface area contributed by atoms with Gasteiger partial charge in [0.1, 0.15) is 23.8 Å². The molecule has 0 aliphatic heterocycles. The van der Waals surface area contributed by atoms with Gasteiger partial charge < -0.3 is 14.8 Å². The number of benzene rings is 1. The van der Waals surface area contributed by atoms with Crippen molar-refractivity contribution in [1.82, 2.24) is 4.90 Å². The maximum Gasteiger partial charge on any atom is 0.410 e. The third-order valence-corrected chi connectivity index (χ3v) is 2.75. The first kappa shape index (κ1) is 19.8. The molecule has 1 aromatic carbocycles. The Morgan fingerprint density at radius 1 is 1.25 bits per heavy atom. The highest BCUT2D eigenvalue weighted by Gasteiger charge is 2.24. The smallest absolute Gasteiger partial charge is 0.410 e. The number of nitrogens with zero attached hydrogens (tertiary/aromatic N) is 1. The van der Waals surface area contributed by atoms with Crippen LogP contribution in [-0.4, -0.2) is 49.3 Å². The minimum Gasteiger partial charge on any atom is -0.444 e. The number of hydrogen-bond acceptors (Lipinski definition) is 4. The number of anilines is 1. The molecule has 6 nitrogen and oxygen atoms in total. The monoisotopic (exact) mass is 344 g/mol. The van der Waals surface area contributed by atoms with Gasteiger partial charge in [0, 0.05) is 19.7 Å². The van der Waals surface area contributed by atoms with Gasteiger partial charge in [0.15, 0.2) is 0 Å². The SMILES string of the molecule is COCCN(CC(=O)Nc1cc(F)ccc1F)C(=O)OC(C)(C)C. The van der Waals surface area contributed by atoms with E-state index in [0.29, 0.717) is 0 Å². The van der Waals surface area contributed by atoms with Crippen molar-refractivity contribution in [2.75, 3.05) is 32.1 Å². The van der Waals surface area contributed by atoms with E-state index in [0.717, 1.165) is 23.1 Å². The first-order valence-corrected chi connectivity index (χ1v) is 7.34. The number of methoxy groups -OCH3 is 1. The van der Waals surface area contributed by atoms with E-state index in [9.17, 15) is 18.4 Å². The van der Waals surface area contributed by atoms with Crippen LogP contribution in [0.1, 0.15) is 20.8 Å². The van der Waals surface area contributed by atoms with Gasteiger partial charge in [0.25, 0.3) is 0 Å². The lowest BCUT2D eigenvalue weighted by molar-refractivity contribution is -0.117. The number of halogens is 2. The van der Waals surface area contributed by atoms with Crippen molar-refractivity contribution in [3.63, 3.8) is 0 Å². The van der Waals surface area contributed by atoms with Crippen molar-refractivity contribution in [1.29, 1.82) is 0 Å². The zero-order valence-corrected chi connectivity index (χ0v) is 14.2. The lowest BCUT2D eigenvalue weighted by atomic mass is 10.2. The number of rotatable bonds is 6. The standard InChI is InChI=1S/C16H22F2N2O4/c1-16(2,3)24-15(22)20(7-8-23-4)10-14(21)19-13-9-11(17)5-6-12(13)18/h5-6,9H,7-8,10H2,1-4H3,(H,19,21). The van der Waals surface area contributed by atoms with E-state index in [1.807, 2.05) is 0 Å². The van der Waals surface area contributed by atoms with E-state index in [1.165, 1.54) is 7.11 Å². The molecule has 134 valence electrons. The summed E-state index contributed by atoms with van der Waals surface area (Å²) >= 11 is 0. The number of amides is 2. The molecule has 0 spiro atoms. The van der Waals surface area contributed by atoms with Crippen LogP contribution in [0.15, 0.2) is 18.2 Å². The predicted molar refractivity (Wildman–Crippen MR) is 84.7 cm³/mol. The summed E-state index contributed by atoms with van der Waals surface area (Å²) in [6.07, 6.45) is -0.700. The first-order valence-electron chi connectivity index (χ1n) is 7.34. The Bertz CT molecular complexity index is 588. The molecule has 0 heterocycles. The average Bonchev–Trinajstić information content (AvgIpc) is 2.45. The van der Waals surface area contributed by atoms with E-state index < -0.39 is 29.2 Å². The van der Waals surface area contributed by atoms with Crippen molar-refractivity contribution in [3.05, 3.63) is 29.8 Å². The predicted octanol–water partition coefficient (Wildman–Crippen LogP) is 2.79. The minimum atomic E-state index is -0.773. The van der Waals surface area contributed by atoms with Gasteiger partial charge in [-0.1, -0.05) is 0 Å². The Morgan fingerprint density at radius 2 is 1.92 bits per heavy atom. The fraction of sp³-hybridized carbons (Fsp3) is 0.500. The normalized spacial score (nSPS) is 11.1. The molecule has 24 heavy (non-hydrogen) atoms. The number of nitrogens with one attached hydrogen (secondary N) is 1. The number of carbonyl (C=O) groups excluding carboxylic acids is 2. The number of carbonyl (C=O) groups is 2. The highest BCUT2D eigenvalue weighted by atomic mass is 19.1. The van der Waals surface area contributed by atoms with Crippen LogP contribution in [-0.2, 0) is 14.3 Å². The minimum absolute atomic E-state index is 0.116. The van der Waals surface area contributed by atoms with E-state index in [4.69, 9.17) is 9.47 Å². The molecule has 1 rings (SSSR count). The van der Waals surface area contributed by atoms with Crippen LogP contribution >= 0.6 is 0 Å². The molecule has 1 N–H and O–H groups in total. The molecule has 0 aliphatic rings. The van der Waals surface area contributed by atoms with Gasteiger partial charge in [-0.05, 0) is 32.9 Å². The Kier molecular flexibility index (Phi) is 7.09. The molecule has 0 bridgehead atoms. The van der Waals surface area contributed by atoms with Gasteiger partial charge in [-0.3, -0.25) is 9.69 Å². The summed E-state index contributed by atoms with van der Waals surface area (Å²) in [5.41, 5.74) is -1.02. The zero-order valence-electron chi connectivity index (χ0n) is 14.2. The summed E-state index contributed by atoms with van der Waals surface area (Å²) in [5.74, 6) is -2.14. The van der Waals surface area contributed by atoms with Crippen LogP contribution in [0.2, 0.25) is 0 Å². The highest BCUT2D eigenvalue weighted by molar-refractivity contribution is 5.94. The fourth-order valence-corrected chi connectivity index (χ4v) is 1.72. The van der Waals surface area contributed by atoms with Crippen LogP contribution in [0.25, 0.3) is 0 Å². The van der Waals surface area contributed by atoms with E-state index in [2.05, 4.69) is 5.32 Å². The first-order chi connectivity index (χ1) is 11.1. The van der Waals surface area contributed by atoms with Gasteiger partial charge in [0.2, 0.25) is 5.91 Å². The van der Waals surface area contributed by atoms with Crippen molar-refractivity contribution >= 4 is 17.7 Å². The van der Waals surface area contributed by atoms with Gasteiger partial charge in [0.05, 0.1) is 12.3 Å². The van der Waals surface area contributed by atoms with Crippen LogP contribution in [0.4, 0.5) is 19.3 Å². The van der Waals surface area contributed by atoms with Crippen molar-refractivity contribution in [2.45, 2.75) is 26.4 Å². The second-order valence-corrected chi connectivity index (χ2v) is 6.07. The van der Waals surface area contributed by atoms with Gasteiger partial charge in [-0.25, -0.2) is 13.6 Å². The molecule has 0 fully saturated rings. The van der Waals surface area contributed by atoms with Gasteiger partial charge in [-0.2, -0.15) is 0 Å². The zero-order chi connectivity index (χ0) is 18.3. The maximum atomic E-state index is 13.5. The molecule has 8 heteroatoms. The molecule has 0 radical (unpaired) electrons. The second kappa shape index (κ2) is 8.58. The topological polar surface area (TPSA) is 67.9 Å². The number of hydrogen-bond donors (Lipinski definition) is 1. The van der Waals surface area contributed by atoms with Crippen LogP contribution < -0.4 is 5.32 Å². The Balaban J connectivity index is 2.76. The Hall–Kier alpha value is -2.22. The largest absolute Gasteiger partial charge is 0.444 e. The van der Waals surface area contributed by atoms with Crippen LogP contribution in [0, 0.1) is 11.6 Å². The summed E-state index contributed by atoms with van der Waals surface area (Å²) < 4.78 is 36.8. The molecule has 0 aromatic heterocycles. The summed E-state index contributed by atoms with van der Waals surface area (Å²) in [6.45, 7) is 5.02. The molecular weight excluding hydrogens is 322 g/mol. The molecule has 0 atom stereocenters. The molecule has 2 amide bonds. The van der Waals surface area contributed by atoms with Crippen LogP contribution in [0.5, 0.6) is 0 Å². The van der Waals surface area contributed by atoms with E-state index in [-0.39, 0.29) is 25.4 Å². The Morgan fingerprint density at radius 3 is 2.50 bits per heavy atom. The summed E-state index contributed by atoms with van der Waals surface area (Å²) in [7, 11) is 1.45.